The van der Waals surface area contributed by atoms with Gasteiger partial charge in [0.15, 0.2) is 0 Å². The Kier molecular flexibility index (Phi) is 38.0. The molecule has 1 aromatic heterocycles. The minimum atomic E-state index is -4.72. The van der Waals surface area contributed by atoms with Crippen molar-refractivity contribution in [2.75, 3.05) is 76.4 Å². The monoisotopic (exact) mass is 1250 g/mol. The summed E-state index contributed by atoms with van der Waals surface area (Å²) in [6, 6.07) is 0.240. The summed E-state index contributed by atoms with van der Waals surface area (Å²) in [5, 5.41) is 91.2. The Labute approximate surface area is 511 Å². The second-order valence-electron chi connectivity index (χ2n) is 23.8. The highest BCUT2D eigenvalue weighted by molar-refractivity contribution is 7.51. The molecule has 24 nitrogen and oxygen atoms in total. The zero-order valence-corrected chi connectivity index (χ0v) is 52.9. The number of unbranched alkanes of at least 4 members (excludes halogenated alkanes) is 26. The number of hydrogen-bond acceptors (Lipinski definition) is 19. The maximum Gasteiger partial charge on any atom is 0.368 e. The van der Waals surface area contributed by atoms with Gasteiger partial charge in [0.25, 0.3) is 0 Å². The smallest absolute Gasteiger partial charge is 0.368 e. The highest BCUT2D eigenvalue weighted by Crippen LogP contribution is 2.41. The van der Waals surface area contributed by atoms with Gasteiger partial charge in [-0.25, -0.2) is 24.2 Å². The lowest BCUT2D eigenvalue weighted by Gasteiger charge is -2.54. The van der Waals surface area contributed by atoms with E-state index in [0.29, 0.717) is 13.2 Å². The van der Waals surface area contributed by atoms with Crippen LogP contribution in [0.5, 0.6) is 0 Å². The Morgan fingerprint density at radius 1 is 0.570 bits per heavy atom. The van der Waals surface area contributed by atoms with E-state index in [4.69, 9.17) is 29.4 Å². The van der Waals surface area contributed by atoms with E-state index in [0.717, 1.165) is 72.1 Å². The first-order chi connectivity index (χ1) is 41.5. The van der Waals surface area contributed by atoms with Crippen molar-refractivity contribution in [2.24, 2.45) is 0 Å². The predicted octanol–water partition coefficient (Wildman–Crippen LogP) is 6.04. The Bertz CT molecular complexity index is 2110. The van der Waals surface area contributed by atoms with Gasteiger partial charge in [0, 0.05) is 50.4 Å². The van der Waals surface area contributed by atoms with Crippen molar-refractivity contribution in [2.45, 2.75) is 280 Å². The number of anilines is 1. The third-order valence-corrected chi connectivity index (χ3v) is 17.3. The van der Waals surface area contributed by atoms with E-state index in [1.807, 2.05) is 0 Å². The fourth-order valence-corrected chi connectivity index (χ4v) is 12.2. The average Bonchev–Trinajstić information content (AvgIpc) is 1.04. The third-order valence-electron chi connectivity index (χ3n) is 16.8. The van der Waals surface area contributed by atoms with Crippen molar-refractivity contribution in [3.05, 3.63) is 34.0 Å². The van der Waals surface area contributed by atoms with Crippen LogP contribution in [0.3, 0.4) is 0 Å². The Balaban J connectivity index is 1.67. The second kappa shape index (κ2) is 43.1. The molecular weight excluding hydrogens is 1140 g/mol. The summed E-state index contributed by atoms with van der Waals surface area (Å²) in [7, 11) is -4.72. The molecule has 0 saturated carbocycles. The Morgan fingerprint density at radius 3 is 1.48 bits per heavy atom. The second-order valence-corrected chi connectivity index (χ2v) is 25.4. The quantitative estimate of drug-likeness (QED) is 0.0261. The molecule has 3 aliphatic heterocycles. The fourth-order valence-electron chi connectivity index (χ4n) is 11.8. The van der Waals surface area contributed by atoms with Crippen molar-refractivity contribution >= 4 is 19.4 Å². The minimum Gasteiger partial charge on any atom is -0.394 e. The molecule has 3 aliphatic rings. The molecule has 12 N–H and O–H groups in total. The molecule has 4 heterocycles. The highest BCUT2D eigenvalue weighted by atomic mass is 31.2. The topological polar surface area (TPSA) is 353 Å². The van der Waals surface area contributed by atoms with Crippen LogP contribution >= 0.6 is 7.60 Å². The van der Waals surface area contributed by atoms with Crippen LogP contribution in [0.2, 0.25) is 0 Å². The van der Waals surface area contributed by atoms with Gasteiger partial charge >= 0.3 is 19.3 Å². The fraction of sp³-hybridized carbons (Fsp3) is 0.885. The number of urea groups is 1. The van der Waals surface area contributed by atoms with Gasteiger partial charge in [-0.2, -0.15) is 4.98 Å². The number of nitrogens with zero attached hydrogens (tertiary/aromatic N) is 5. The molecule has 2 amide bonds. The maximum atomic E-state index is 15.7. The normalized spacial score (nSPS) is 24.9. The number of allylic oxidation sites excluding steroid dienone is 1. The van der Waals surface area contributed by atoms with Crippen molar-refractivity contribution in [1.29, 1.82) is 0 Å². The van der Waals surface area contributed by atoms with Crippen molar-refractivity contribution in [3.63, 3.8) is 0 Å². The summed E-state index contributed by atoms with van der Waals surface area (Å²) < 4.78 is 43.0. The lowest BCUT2D eigenvalue weighted by Crippen LogP contribution is -2.73. The van der Waals surface area contributed by atoms with Crippen LogP contribution in [0.15, 0.2) is 28.3 Å². The van der Waals surface area contributed by atoms with Gasteiger partial charge in [-0.3, -0.25) is 9.46 Å². The number of aliphatic hydroxyl groups is 8. The standard InChI is InChI=1S/C61H113N6O18P/c1-3-5-7-9-11-13-15-17-19-21-23-25-27-29-38-81-40-31-33-46-50(57-55(74)53(72)51(70)47(43-68)84-57)58(67(66-36-34-49(62)63-60(66)76)61(77)64(46)37-42-83-45-86(78,79)80)65(59-56(75)54(73)52(71)48(44-69)85-59)35-32-41-82-39-30-28-26-24-22-20-18-16-14-12-10-8-6-4-2/h34,36,47-48,51-59,68-75H,3-33,35,37-45H2,1-2H3,(H2,62,63,76)(H2,78,79,80)/t47-,48-,51+,52+,53+,54+,55-,56-,57?,58?,59?/m1/s1. The van der Waals surface area contributed by atoms with Crippen LogP contribution in [0.4, 0.5) is 10.6 Å². The number of ether oxygens (including phenoxy) is 5. The molecular formula is C61H113N6O18P. The molecule has 4 rings (SSSR count). The molecule has 0 aromatic carbocycles. The largest absolute Gasteiger partial charge is 0.394 e. The van der Waals surface area contributed by atoms with E-state index in [1.54, 1.807) is 0 Å². The molecule has 11 atom stereocenters. The molecule has 500 valence electrons. The summed E-state index contributed by atoms with van der Waals surface area (Å²) in [5.74, 6) is -0.226. The van der Waals surface area contributed by atoms with E-state index in [-0.39, 0.29) is 56.1 Å². The number of carbonyl (C=O) groups is 1. The van der Waals surface area contributed by atoms with Crippen LogP contribution in [-0.2, 0) is 28.2 Å². The number of carbonyl (C=O) groups excluding carboxylic acids is 1. The number of aliphatic hydroxyl groups excluding tert-OH is 8. The minimum absolute atomic E-state index is 0.0700. The summed E-state index contributed by atoms with van der Waals surface area (Å²) in [6.07, 6.45) is 14.0. The van der Waals surface area contributed by atoms with Crippen molar-refractivity contribution in [3.8, 4) is 0 Å². The molecule has 2 fully saturated rings. The summed E-state index contributed by atoms with van der Waals surface area (Å²) in [6.45, 7) is 2.75. The third kappa shape index (κ3) is 25.9. The van der Waals surface area contributed by atoms with Crippen molar-refractivity contribution < 1.29 is 83.7 Å². The SMILES string of the molecule is CCCCCCCCCCCCCCCCOCCCC1=C(C2O[C@H](CO)[C@H](O)[C@H](O)[C@H]2O)C(N(CCCOCCCCCCCCCCCCCCCC)C2O[C@H](CO)[C@H](O)[C@H](O)[C@H]2O)N(n2ccc(N)nc2=O)C(=O)N1CCOCP(=O)(O)O. The van der Waals surface area contributed by atoms with E-state index < -0.39 is 119 Å². The van der Waals surface area contributed by atoms with Gasteiger partial charge in [-0.15, -0.1) is 0 Å². The molecule has 3 unspecified atom stereocenters. The van der Waals surface area contributed by atoms with Crippen LogP contribution in [0.25, 0.3) is 0 Å². The number of rotatable bonds is 49. The van der Waals surface area contributed by atoms with Crippen LogP contribution in [0, 0.1) is 0 Å². The van der Waals surface area contributed by atoms with Crippen LogP contribution in [-0.4, -0.2) is 209 Å². The lowest BCUT2D eigenvalue weighted by molar-refractivity contribution is -0.271. The predicted molar refractivity (Wildman–Crippen MR) is 327 cm³/mol. The molecule has 0 spiro atoms. The van der Waals surface area contributed by atoms with Gasteiger partial charge in [0.2, 0.25) is 0 Å². The molecule has 0 aliphatic carbocycles. The number of nitrogen functional groups attached to an aromatic ring is 1. The Morgan fingerprint density at radius 2 is 1.01 bits per heavy atom. The lowest BCUT2D eigenvalue weighted by atomic mass is 9.86. The van der Waals surface area contributed by atoms with Gasteiger partial charge < -0.3 is 80.1 Å². The first kappa shape index (κ1) is 75.7. The van der Waals surface area contributed by atoms with Gasteiger partial charge in [0.05, 0.1) is 26.4 Å². The summed E-state index contributed by atoms with van der Waals surface area (Å²) in [4.78, 5) is 55.7. The average molecular weight is 1250 g/mol. The van der Waals surface area contributed by atoms with E-state index >= 15 is 4.79 Å². The summed E-state index contributed by atoms with van der Waals surface area (Å²) >= 11 is 0. The molecule has 0 radical (unpaired) electrons. The number of amides is 2. The van der Waals surface area contributed by atoms with Crippen molar-refractivity contribution in [1.82, 2.24) is 19.5 Å². The number of aromatic nitrogens is 2. The molecule has 0 bridgehead atoms. The van der Waals surface area contributed by atoms with Gasteiger partial charge in [-0.05, 0) is 38.2 Å². The molecule has 2 saturated heterocycles. The summed E-state index contributed by atoms with van der Waals surface area (Å²) in [5.41, 5.74) is 4.87. The first-order valence-electron chi connectivity index (χ1n) is 32.9. The molecule has 1 aromatic rings. The van der Waals surface area contributed by atoms with Gasteiger partial charge in [0.1, 0.15) is 79.5 Å². The number of nitrogens with two attached hydrogens (primary N) is 1. The van der Waals surface area contributed by atoms with E-state index in [2.05, 4.69) is 18.8 Å². The number of hydrogen-bond donors (Lipinski definition) is 11. The molecule has 25 heteroatoms. The first-order valence-corrected chi connectivity index (χ1v) is 34.7. The van der Waals surface area contributed by atoms with E-state index in [9.17, 15) is 60.0 Å². The molecule has 86 heavy (non-hydrogen) atoms. The van der Waals surface area contributed by atoms with Crippen LogP contribution in [0.1, 0.15) is 213 Å². The zero-order chi connectivity index (χ0) is 62.7. The highest BCUT2D eigenvalue weighted by Gasteiger charge is 2.56. The zero-order valence-electron chi connectivity index (χ0n) is 52.0. The maximum absolute atomic E-state index is 15.7. The van der Waals surface area contributed by atoms with Crippen LogP contribution < -0.4 is 16.4 Å². The van der Waals surface area contributed by atoms with Gasteiger partial charge in [-0.1, -0.05) is 181 Å². The Hall–Kier alpha value is -2.72. The van der Waals surface area contributed by atoms with E-state index in [1.165, 1.54) is 139 Å².